The van der Waals surface area contributed by atoms with Crippen LogP contribution in [-0.2, 0) is 11.3 Å². The molecule has 3 heterocycles. The van der Waals surface area contributed by atoms with E-state index < -0.39 is 5.82 Å². The topological polar surface area (TPSA) is 49.2 Å². The number of hydrogen-bond donors (Lipinski definition) is 0. The van der Waals surface area contributed by atoms with Crippen LogP contribution < -0.4 is 4.74 Å². The number of aromatic nitrogens is 3. The van der Waals surface area contributed by atoms with E-state index in [4.69, 9.17) is 14.5 Å². The Morgan fingerprint density at radius 1 is 1.11 bits per heavy atom. The van der Waals surface area contributed by atoms with Crippen molar-refractivity contribution < 1.29 is 13.9 Å². The molecule has 0 spiro atoms. The molecule has 0 aliphatic carbocycles. The van der Waals surface area contributed by atoms with E-state index in [1.807, 2.05) is 36.4 Å². The van der Waals surface area contributed by atoms with Gasteiger partial charge in [-0.25, -0.2) is 14.4 Å². The van der Waals surface area contributed by atoms with Gasteiger partial charge in [-0.1, -0.05) is 36.4 Å². The number of pyridine rings is 1. The lowest BCUT2D eigenvalue weighted by Crippen LogP contribution is -2.24. The van der Waals surface area contributed by atoms with Crippen LogP contribution in [0.2, 0.25) is 0 Å². The molecule has 1 aliphatic rings. The van der Waals surface area contributed by atoms with Crippen LogP contribution in [-0.4, -0.2) is 28.3 Å². The maximum absolute atomic E-state index is 14.1. The van der Waals surface area contributed by atoms with Gasteiger partial charge in [-0.3, -0.25) is 0 Å². The van der Waals surface area contributed by atoms with Gasteiger partial charge in [0, 0.05) is 11.8 Å². The lowest BCUT2D eigenvalue weighted by Gasteiger charge is -2.26. The number of imidazole rings is 1. The Balaban J connectivity index is 1.65. The van der Waals surface area contributed by atoms with Gasteiger partial charge in [-0.2, -0.15) is 0 Å². The van der Waals surface area contributed by atoms with Gasteiger partial charge >= 0.3 is 0 Å². The second-order valence-electron chi connectivity index (χ2n) is 6.76. The molecule has 2 aromatic carbocycles. The van der Waals surface area contributed by atoms with E-state index in [0.717, 1.165) is 22.4 Å². The Bertz CT molecular complexity index is 1160. The molecular formula is C22H18FN3O2. The Morgan fingerprint density at radius 2 is 1.96 bits per heavy atom. The van der Waals surface area contributed by atoms with Gasteiger partial charge in [0.05, 0.1) is 30.8 Å². The lowest BCUT2D eigenvalue weighted by atomic mass is 10.0. The fraction of sp³-hybridized carbons (Fsp3) is 0.182. The van der Waals surface area contributed by atoms with Gasteiger partial charge in [0.15, 0.2) is 5.82 Å². The summed E-state index contributed by atoms with van der Waals surface area (Å²) in [6.45, 7) is 1.07. The number of methoxy groups -OCH3 is 1. The molecule has 5 nitrogen and oxygen atoms in total. The van der Waals surface area contributed by atoms with Crippen molar-refractivity contribution in [3.05, 3.63) is 78.0 Å². The monoisotopic (exact) mass is 375 g/mol. The minimum absolute atomic E-state index is 0.00662. The second kappa shape index (κ2) is 6.73. The molecule has 0 N–H and O–H groups in total. The van der Waals surface area contributed by atoms with Crippen LogP contribution in [0, 0.1) is 5.82 Å². The molecule has 0 fully saturated rings. The Hall–Kier alpha value is -3.25. The molecule has 140 valence electrons. The third-order valence-electron chi connectivity index (χ3n) is 5.10. The van der Waals surface area contributed by atoms with E-state index >= 15 is 0 Å². The molecule has 6 heteroatoms. The van der Waals surface area contributed by atoms with Crippen LogP contribution in [0.4, 0.5) is 4.39 Å². The van der Waals surface area contributed by atoms with Gasteiger partial charge in [0.25, 0.3) is 0 Å². The highest BCUT2D eigenvalue weighted by atomic mass is 19.1. The van der Waals surface area contributed by atoms with Crippen LogP contribution in [0.15, 0.2) is 60.8 Å². The van der Waals surface area contributed by atoms with E-state index in [0.29, 0.717) is 18.8 Å². The Morgan fingerprint density at radius 3 is 2.75 bits per heavy atom. The number of nitrogens with zero attached hydrogens (tertiary/aromatic N) is 3. The van der Waals surface area contributed by atoms with Crippen molar-refractivity contribution >= 4 is 11.0 Å². The van der Waals surface area contributed by atoms with Crippen LogP contribution in [0.3, 0.4) is 0 Å². The molecule has 0 bridgehead atoms. The smallest absolute Gasteiger partial charge is 0.250 e. The molecule has 0 saturated carbocycles. The quantitative estimate of drug-likeness (QED) is 0.534. The first-order chi connectivity index (χ1) is 13.7. The average molecular weight is 375 g/mol. The normalized spacial score (nSPS) is 16.1. The number of rotatable bonds is 3. The first-order valence-electron chi connectivity index (χ1n) is 9.08. The zero-order valence-corrected chi connectivity index (χ0v) is 15.3. The summed E-state index contributed by atoms with van der Waals surface area (Å²) in [5.74, 6) is 0.408. The number of hydrogen-bond acceptors (Lipinski definition) is 4. The molecule has 1 aliphatic heterocycles. The van der Waals surface area contributed by atoms with E-state index in [2.05, 4.69) is 21.7 Å². The summed E-state index contributed by atoms with van der Waals surface area (Å²) < 4.78 is 27.1. The molecule has 0 radical (unpaired) electrons. The standard InChI is InChI=1S/C22H18FN3O2/c1-27-22-17(23)9-16(11-24-22)15-7-8-18-19(10-15)26-20(12-28-13-21(26)25-18)14-5-3-2-4-6-14/h2-11,20H,12-13H2,1H3. The molecule has 0 amide bonds. The predicted octanol–water partition coefficient (Wildman–Crippen LogP) is 4.37. The van der Waals surface area contributed by atoms with Gasteiger partial charge < -0.3 is 14.0 Å². The largest absolute Gasteiger partial charge is 0.479 e. The zero-order valence-electron chi connectivity index (χ0n) is 15.3. The van der Waals surface area contributed by atoms with Crippen LogP contribution in [0.25, 0.3) is 22.2 Å². The number of halogens is 1. The van der Waals surface area contributed by atoms with Crippen molar-refractivity contribution in [2.75, 3.05) is 13.7 Å². The average Bonchev–Trinajstić information content (AvgIpc) is 3.12. The van der Waals surface area contributed by atoms with Crippen molar-refractivity contribution in [1.82, 2.24) is 14.5 Å². The summed E-state index contributed by atoms with van der Waals surface area (Å²) in [6, 6.07) is 17.7. The summed E-state index contributed by atoms with van der Waals surface area (Å²) in [6.07, 6.45) is 1.62. The second-order valence-corrected chi connectivity index (χ2v) is 6.76. The number of fused-ring (bicyclic) bond motifs is 3. The van der Waals surface area contributed by atoms with Crippen molar-refractivity contribution in [3.8, 4) is 17.0 Å². The summed E-state index contributed by atoms with van der Waals surface area (Å²) in [5.41, 5.74) is 4.64. The lowest BCUT2D eigenvalue weighted by molar-refractivity contribution is 0.0679. The van der Waals surface area contributed by atoms with Gasteiger partial charge in [-0.05, 0) is 29.3 Å². The van der Waals surface area contributed by atoms with Gasteiger partial charge in [0.2, 0.25) is 5.88 Å². The van der Waals surface area contributed by atoms with Crippen molar-refractivity contribution in [2.24, 2.45) is 0 Å². The van der Waals surface area contributed by atoms with E-state index in [1.165, 1.54) is 18.7 Å². The van der Waals surface area contributed by atoms with Crippen LogP contribution in [0.5, 0.6) is 5.88 Å². The van der Waals surface area contributed by atoms with Crippen molar-refractivity contribution in [1.29, 1.82) is 0 Å². The van der Waals surface area contributed by atoms with Crippen molar-refractivity contribution in [3.63, 3.8) is 0 Å². The molecule has 1 unspecified atom stereocenters. The minimum Gasteiger partial charge on any atom is -0.479 e. The predicted molar refractivity (Wildman–Crippen MR) is 104 cm³/mol. The van der Waals surface area contributed by atoms with E-state index in [9.17, 15) is 4.39 Å². The van der Waals surface area contributed by atoms with Gasteiger partial charge in [0.1, 0.15) is 12.4 Å². The molecular weight excluding hydrogens is 357 g/mol. The summed E-state index contributed by atoms with van der Waals surface area (Å²) in [5, 5.41) is 0. The van der Waals surface area contributed by atoms with E-state index in [-0.39, 0.29) is 11.9 Å². The fourth-order valence-electron chi connectivity index (χ4n) is 3.76. The maximum Gasteiger partial charge on any atom is 0.250 e. The summed E-state index contributed by atoms with van der Waals surface area (Å²) in [7, 11) is 1.40. The summed E-state index contributed by atoms with van der Waals surface area (Å²) in [4.78, 5) is 8.79. The highest BCUT2D eigenvalue weighted by molar-refractivity contribution is 5.83. The number of ether oxygens (including phenoxy) is 2. The van der Waals surface area contributed by atoms with Gasteiger partial charge in [-0.15, -0.1) is 0 Å². The molecule has 4 aromatic rings. The first-order valence-corrected chi connectivity index (χ1v) is 9.08. The Kier molecular flexibility index (Phi) is 4.06. The Labute approximate surface area is 161 Å². The number of benzene rings is 2. The third-order valence-corrected chi connectivity index (χ3v) is 5.10. The van der Waals surface area contributed by atoms with Crippen LogP contribution >= 0.6 is 0 Å². The molecule has 2 aromatic heterocycles. The first kappa shape index (κ1) is 16.9. The van der Waals surface area contributed by atoms with Crippen molar-refractivity contribution in [2.45, 2.75) is 12.6 Å². The zero-order chi connectivity index (χ0) is 19.1. The maximum atomic E-state index is 14.1. The van der Waals surface area contributed by atoms with Crippen LogP contribution in [0.1, 0.15) is 17.4 Å². The minimum atomic E-state index is -0.481. The highest BCUT2D eigenvalue weighted by Crippen LogP contribution is 2.33. The fourth-order valence-corrected chi connectivity index (χ4v) is 3.76. The van der Waals surface area contributed by atoms with E-state index in [1.54, 1.807) is 6.20 Å². The highest BCUT2D eigenvalue weighted by Gasteiger charge is 2.25. The summed E-state index contributed by atoms with van der Waals surface area (Å²) >= 11 is 0. The molecule has 5 rings (SSSR count). The SMILES string of the molecule is COc1ncc(-c2ccc3nc4n(c3c2)C(c2ccccc2)COC4)cc1F. The third kappa shape index (κ3) is 2.73. The molecule has 1 atom stereocenters. The molecule has 0 saturated heterocycles. The molecule has 28 heavy (non-hydrogen) atoms.